The Kier molecular flexibility index (Phi) is 3.97. The van der Waals surface area contributed by atoms with E-state index in [9.17, 15) is 0 Å². The third-order valence-corrected chi connectivity index (χ3v) is 7.25. The van der Waals surface area contributed by atoms with Crippen molar-refractivity contribution < 1.29 is 4.42 Å². The zero-order chi connectivity index (χ0) is 23.6. The molecular weight excluding hydrogens is 442 g/mol. The highest BCUT2D eigenvalue weighted by molar-refractivity contribution is 6.21. The molecule has 4 heteroatoms. The molecule has 2 aromatic heterocycles. The van der Waals surface area contributed by atoms with E-state index in [4.69, 9.17) is 9.41 Å². The Morgan fingerprint density at radius 1 is 0.611 bits per heavy atom. The number of nitrogens with zero attached hydrogens (tertiary/aromatic N) is 2. The maximum Gasteiger partial charge on any atom is 0.208 e. The zero-order valence-corrected chi connectivity index (χ0v) is 19.3. The quantitative estimate of drug-likeness (QED) is 0.267. The first-order valence-corrected chi connectivity index (χ1v) is 12.2. The fraction of sp³-hybridized carbons (Fsp3) is 0.0312. The highest BCUT2D eigenvalue weighted by Gasteiger charge is 2.26. The van der Waals surface area contributed by atoms with Gasteiger partial charge < -0.3 is 9.73 Å². The van der Waals surface area contributed by atoms with E-state index in [2.05, 4.69) is 113 Å². The molecule has 4 nitrogen and oxygen atoms in total. The summed E-state index contributed by atoms with van der Waals surface area (Å²) < 4.78 is 8.49. The molecule has 0 aliphatic carbocycles. The van der Waals surface area contributed by atoms with Crippen LogP contribution in [0.3, 0.4) is 0 Å². The molecule has 170 valence electrons. The lowest BCUT2D eigenvalue weighted by molar-refractivity contribution is 0.669. The fourth-order valence-corrected chi connectivity index (χ4v) is 5.61. The minimum atomic E-state index is -0.0895. The monoisotopic (exact) mass is 463 g/mol. The van der Waals surface area contributed by atoms with Crippen LogP contribution in [0.2, 0.25) is 0 Å². The number of benzene rings is 5. The molecule has 1 unspecified atom stereocenters. The van der Waals surface area contributed by atoms with E-state index < -0.39 is 0 Å². The van der Waals surface area contributed by atoms with Crippen LogP contribution in [0.5, 0.6) is 0 Å². The Morgan fingerprint density at radius 2 is 1.36 bits per heavy atom. The second-order valence-electron chi connectivity index (χ2n) is 9.29. The Morgan fingerprint density at radius 3 is 2.28 bits per heavy atom. The van der Waals surface area contributed by atoms with Crippen molar-refractivity contribution in [2.45, 2.75) is 6.04 Å². The maximum atomic E-state index is 6.23. The van der Waals surface area contributed by atoms with Gasteiger partial charge in [0.1, 0.15) is 17.2 Å². The summed E-state index contributed by atoms with van der Waals surface area (Å²) in [5.41, 5.74) is 7.45. The summed E-state index contributed by atoms with van der Waals surface area (Å²) in [7, 11) is 0. The standard InChI is InChI=1S/C32H21N3O/c1-2-10-20(11-3-1)31-23-14-4-7-15-26(23)33-32(34-31)35-27-16-8-5-12-21(27)24-19-30-25(18-28(24)35)22-13-6-9-17-29(22)36-30/h1-19,31H,(H,33,34). The number of rotatable bonds is 1. The lowest BCUT2D eigenvalue weighted by Crippen LogP contribution is -2.27. The van der Waals surface area contributed by atoms with E-state index in [0.717, 1.165) is 50.0 Å². The number of furan rings is 1. The summed E-state index contributed by atoms with van der Waals surface area (Å²) in [5.74, 6) is 0.820. The number of anilines is 1. The number of aromatic nitrogens is 1. The smallest absolute Gasteiger partial charge is 0.208 e. The first-order valence-electron chi connectivity index (χ1n) is 12.2. The maximum absolute atomic E-state index is 6.23. The molecule has 7 aromatic rings. The minimum absolute atomic E-state index is 0.0895. The lowest BCUT2D eigenvalue weighted by Gasteiger charge is -2.26. The van der Waals surface area contributed by atoms with E-state index in [1.54, 1.807) is 0 Å². The topological polar surface area (TPSA) is 42.5 Å². The van der Waals surface area contributed by atoms with Crippen LogP contribution in [0.4, 0.5) is 5.69 Å². The molecule has 0 saturated carbocycles. The van der Waals surface area contributed by atoms with Gasteiger partial charge >= 0.3 is 0 Å². The van der Waals surface area contributed by atoms with Gasteiger partial charge in [-0.15, -0.1) is 0 Å². The highest BCUT2D eigenvalue weighted by atomic mass is 16.3. The highest BCUT2D eigenvalue weighted by Crippen LogP contribution is 2.39. The van der Waals surface area contributed by atoms with E-state index in [1.165, 1.54) is 16.5 Å². The predicted octanol–water partition coefficient (Wildman–Crippen LogP) is 8.11. The Labute approximate surface area is 207 Å². The molecule has 8 rings (SSSR count). The normalized spacial score (nSPS) is 15.3. The van der Waals surface area contributed by atoms with Crippen molar-refractivity contribution in [1.29, 1.82) is 0 Å². The van der Waals surface area contributed by atoms with E-state index in [0.29, 0.717) is 0 Å². The molecule has 1 aliphatic heterocycles. The second kappa shape index (κ2) is 7.33. The second-order valence-corrected chi connectivity index (χ2v) is 9.29. The van der Waals surface area contributed by atoms with Crippen LogP contribution in [0, 0.1) is 0 Å². The van der Waals surface area contributed by atoms with Crippen LogP contribution in [-0.2, 0) is 0 Å². The van der Waals surface area contributed by atoms with Gasteiger partial charge in [0.2, 0.25) is 5.96 Å². The Hall–Kier alpha value is -4.83. The van der Waals surface area contributed by atoms with Crippen LogP contribution in [0.15, 0.2) is 125 Å². The number of para-hydroxylation sites is 3. The molecule has 5 aromatic carbocycles. The van der Waals surface area contributed by atoms with Crippen molar-refractivity contribution in [2.75, 3.05) is 5.32 Å². The van der Waals surface area contributed by atoms with E-state index >= 15 is 0 Å². The lowest BCUT2D eigenvalue weighted by atomic mass is 9.96. The number of nitrogens with one attached hydrogen (secondary N) is 1. The fourth-order valence-electron chi connectivity index (χ4n) is 5.61. The molecule has 3 heterocycles. The van der Waals surface area contributed by atoms with Crippen molar-refractivity contribution in [1.82, 2.24) is 4.57 Å². The molecule has 0 saturated heterocycles. The number of aliphatic imine (C=N–C) groups is 1. The van der Waals surface area contributed by atoms with Crippen molar-refractivity contribution >= 4 is 55.4 Å². The van der Waals surface area contributed by atoms with Crippen LogP contribution in [0.1, 0.15) is 17.2 Å². The van der Waals surface area contributed by atoms with Crippen LogP contribution < -0.4 is 5.32 Å². The third kappa shape index (κ3) is 2.72. The van der Waals surface area contributed by atoms with E-state index in [1.807, 2.05) is 12.1 Å². The van der Waals surface area contributed by atoms with Crippen LogP contribution in [0.25, 0.3) is 43.7 Å². The molecule has 0 amide bonds. The molecule has 1 aliphatic rings. The molecule has 36 heavy (non-hydrogen) atoms. The van der Waals surface area contributed by atoms with Gasteiger partial charge in [0.15, 0.2) is 0 Å². The summed E-state index contributed by atoms with van der Waals surface area (Å²) >= 11 is 0. The van der Waals surface area contributed by atoms with Gasteiger partial charge in [-0.1, -0.05) is 84.9 Å². The van der Waals surface area contributed by atoms with Crippen molar-refractivity contribution in [3.63, 3.8) is 0 Å². The average Bonchev–Trinajstić information content (AvgIpc) is 3.46. The summed E-state index contributed by atoms with van der Waals surface area (Å²) in [5, 5.41) is 8.21. The van der Waals surface area contributed by atoms with Gasteiger partial charge in [-0.2, -0.15) is 0 Å². The molecule has 1 N–H and O–H groups in total. The molecule has 0 spiro atoms. The summed E-state index contributed by atoms with van der Waals surface area (Å²) in [6.45, 7) is 0. The molecule has 0 fully saturated rings. The van der Waals surface area contributed by atoms with Crippen LogP contribution in [-0.4, -0.2) is 10.5 Å². The molecule has 0 bridgehead atoms. The van der Waals surface area contributed by atoms with Crippen LogP contribution >= 0.6 is 0 Å². The predicted molar refractivity (Wildman–Crippen MR) is 148 cm³/mol. The van der Waals surface area contributed by atoms with Crippen molar-refractivity contribution in [3.05, 3.63) is 126 Å². The third-order valence-electron chi connectivity index (χ3n) is 7.25. The Bertz CT molecular complexity index is 1980. The van der Waals surface area contributed by atoms with Gasteiger partial charge in [-0.25, -0.2) is 4.99 Å². The number of fused-ring (bicyclic) bond motifs is 7. The van der Waals surface area contributed by atoms with Gasteiger partial charge in [0.05, 0.1) is 11.0 Å². The first kappa shape index (κ1) is 19.5. The number of hydrogen-bond donors (Lipinski definition) is 1. The van der Waals surface area contributed by atoms with Gasteiger partial charge in [-0.3, -0.25) is 4.57 Å². The summed E-state index contributed by atoms with van der Waals surface area (Å²) in [6.07, 6.45) is 0. The summed E-state index contributed by atoms with van der Waals surface area (Å²) in [4.78, 5) is 5.31. The van der Waals surface area contributed by atoms with Gasteiger partial charge in [-0.05, 0) is 35.9 Å². The van der Waals surface area contributed by atoms with E-state index in [-0.39, 0.29) is 6.04 Å². The average molecular weight is 464 g/mol. The minimum Gasteiger partial charge on any atom is -0.456 e. The molecular formula is C32H21N3O. The summed E-state index contributed by atoms with van der Waals surface area (Å²) in [6, 6.07) is 40.0. The largest absolute Gasteiger partial charge is 0.456 e. The first-order chi connectivity index (χ1) is 17.8. The van der Waals surface area contributed by atoms with Crippen molar-refractivity contribution in [3.8, 4) is 0 Å². The SMILES string of the molecule is c1ccc(C2N=C(n3c4ccccc4c4cc5oc6ccccc6c5cc43)Nc3ccccc32)cc1. The number of hydrogen-bond acceptors (Lipinski definition) is 3. The van der Waals surface area contributed by atoms with Crippen molar-refractivity contribution in [2.24, 2.45) is 4.99 Å². The van der Waals surface area contributed by atoms with Gasteiger partial charge in [0.25, 0.3) is 0 Å². The molecule has 1 atom stereocenters. The van der Waals surface area contributed by atoms with Gasteiger partial charge in [0, 0.05) is 32.8 Å². The zero-order valence-electron chi connectivity index (χ0n) is 19.3. The molecule has 0 radical (unpaired) electrons. The Balaban J connectivity index is 1.45.